The standard InChI is InChI=1S/C25H32Cl2N2O2S/c1-5-23(25(31)28-15-17(2)3)29(16-20-21(26)7-6-8-22(20)27)24(30)13-14-32-19-11-9-18(4)10-12-19/h6-12,17,23H,5,13-16H2,1-4H3,(H,28,31)/t23-/m0/s1. The van der Waals surface area contributed by atoms with Gasteiger partial charge >= 0.3 is 0 Å². The summed E-state index contributed by atoms with van der Waals surface area (Å²) in [6.07, 6.45) is 0.817. The molecule has 0 fully saturated rings. The molecule has 0 bridgehead atoms. The van der Waals surface area contributed by atoms with Crippen molar-refractivity contribution in [1.82, 2.24) is 10.2 Å². The van der Waals surface area contributed by atoms with Crippen molar-refractivity contribution in [1.29, 1.82) is 0 Å². The first-order valence-electron chi connectivity index (χ1n) is 10.9. The van der Waals surface area contributed by atoms with Crippen molar-refractivity contribution >= 4 is 46.8 Å². The number of nitrogens with zero attached hydrogens (tertiary/aromatic N) is 1. The topological polar surface area (TPSA) is 49.4 Å². The van der Waals surface area contributed by atoms with Crippen LogP contribution in [0.15, 0.2) is 47.4 Å². The van der Waals surface area contributed by atoms with Gasteiger partial charge in [0.15, 0.2) is 0 Å². The van der Waals surface area contributed by atoms with Crippen molar-refractivity contribution in [3.8, 4) is 0 Å². The summed E-state index contributed by atoms with van der Waals surface area (Å²) in [5.74, 6) is 0.708. The third kappa shape index (κ3) is 8.02. The molecule has 7 heteroatoms. The van der Waals surface area contributed by atoms with E-state index in [0.29, 0.717) is 46.7 Å². The smallest absolute Gasteiger partial charge is 0.242 e. The van der Waals surface area contributed by atoms with Crippen LogP contribution in [0.2, 0.25) is 10.0 Å². The molecule has 1 N–H and O–H groups in total. The lowest BCUT2D eigenvalue weighted by molar-refractivity contribution is -0.141. The van der Waals surface area contributed by atoms with Crippen LogP contribution < -0.4 is 5.32 Å². The van der Waals surface area contributed by atoms with E-state index in [9.17, 15) is 9.59 Å². The molecular weight excluding hydrogens is 463 g/mol. The zero-order valence-electron chi connectivity index (χ0n) is 19.2. The van der Waals surface area contributed by atoms with E-state index < -0.39 is 6.04 Å². The van der Waals surface area contributed by atoms with Crippen LogP contribution in [0.3, 0.4) is 0 Å². The number of rotatable bonds is 11. The second-order valence-electron chi connectivity index (χ2n) is 8.20. The number of thioether (sulfide) groups is 1. The normalized spacial score (nSPS) is 12.0. The number of carbonyl (C=O) groups is 2. The van der Waals surface area contributed by atoms with E-state index in [2.05, 4.69) is 29.6 Å². The monoisotopic (exact) mass is 494 g/mol. The number of hydrogen-bond acceptors (Lipinski definition) is 3. The molecule has 2 aromatic rings. The molecule has 4 nitrogen and oxygen atoms in total. The maximum Gasteiger partial charge on any atom is 0.242 e. The van der Waals surface area contributed by atoms with Crippen LogP contribution in [0.5, 0.6) is 0 Å². The summed E-state index contributed by atoms with van der Waals surface area (Å²) < 4.78 is 0. The van der Waals surface area contributed by atoms with Gasteiger partial charge in [0.2, 0.25) is 11.8 Å². The van der Waals surface area contributed by atoms with Gasteiger partial charge in [-0.25, -0.2) is 0 Å². The van der Waals surface area contributed by atoms with E-state index in [1.165, 1.54) is 5.56 Å². The molecule has 0 spiro atoms. The van der Waals surface area contributed by atoms with Gasteiger partial charge in [-0.3, -0.25) is 9.59 Å². The Kier molecular flexibility index (Phi) is 10.9. The van der Waals surface area contributed by atoms with E-state index >= 15 is 0 Å². The molecule has 0 aliphatic rings. The lowest BCUT2D eigenvalue weighted by Gasteiger charge is -2.31. The number of amides is 2. The van der Waals surface area contributed by atoms with Crippen LogP contribution in [-0.2, 0) is 16.1 Å². The number of aryl methyl sites for hydroxylation is 1. The van der Waals surface area contributed by atoms with Crippen LogP contribution in [0.25, 0.3) is 0 Å². The Labute approximate surface area is 206 Å². The van der Waals surface area contributed by atoms with E-state index in [-0.39, 0.29) is 18.4 Å². The van der Waals surface area contributed by atoms with E-state index in [4.69, 9.17) is 23.2 Å². The zero-order valence-corrected chi connectivity index (χ0v) is 21.5. The maximum absolute atomic E-state index is 13.3. The van der Waals surface area contributed by atoms with Crippen molar-refractivity contribution < 1.29 is 9.59 Å². The van der Waals surface area contributed by atoms with Crippen LogP contribution >= 0.6 is 35.0 Å². The fourth-order valence-corrected chi connectivity index (χ4v) is 4.59. The molecule has 174 valence electrons. The summed E-state index contributed by atoms with van der Waals surface area (Å²) >= 11 is 14.4. The summed E-state index contributed by atoms with van der Waals surface area (Å²) in [7, 11) is 0. The van der Waals surface area contributed by atoms with Crippen molar-refractivity contribution in [2.24, 2.45) is 5.92 Å². The first-order valence-corrected chi connectivity index (χ1v) is 12.7. The van der Waals surface area contributed by atoms with Gasteiger partial charge in [0.25, 0.3) is 0 Å². The van der Waals surface area contributed by atoms with E-state index in [1.807, 2.05) is 27.7 Å². The molecule has 2 rings (SSSR count). The Bertz CT molecular complexity index is 883. The molecule has 0 aliphatic heterocycles. The van der Waals surface area contributed by atoms with E-state index in [0.717, 1.165) is 4.90 Å². The largest absolute Gasteiger partial charge is 0.354 e. The van der Waals surface area contributed by atoms with Gasteiger partial charge in [0.1, 0.15) is 6.04 Å². The molecule has 1 atom stereocenters. The van der Waals surface area contributed by atoms with Gasteiger partial charge in [-0.15, -0.1) is 11.8 Å². The number of nitrogens with one attached hydrogen (secondary N) is 1. The Morgan fingerprint density at radius 3 is 2.25 bits per heavy atom. The van der Waals surface area contributed by atoms with Crippen molar-refractivity contribution in [3.05, 3.63) is 63.6 Å². The summed E-state index contributed by atoms with van der Waals surface area (Å²) in [5, 5.41) is 3.94. The lowest BCUT2D eigenvalue weighted by atomic mass is 10.1. The predicted octanol–water partition coefficient (Wildman–Crippen LogP) is 6.36. The molecule has 0 heterocycles. The highest BCUT2D eigenvalue weighted by Crippen LogP contribution is 2.28. The molecule has 0 saturated carbocycles. The Balaban J connectivity index is 2.18. The number of hydrogen-bond donors (Lipinski definition) is 1. The third-order valence-corrected chi connectivity index (χ3v) is 6.79. The fourth-order valence-electron chi connectivity index (χ4n) is 3.23. The average Bonchev–Trinajstić information content (AvgIpc) is 2.75. The highest BCUT2D eigenvalue weighted by molar-refractivity contribution is 7.99. The molecular formula is C25H32Cl2N2O2S. The van der Waals surface area contributed by atoms with Crippen molar-refractivity contribution in [2.45, 2.75) is 58.0 Å². The van der Waals surface area contributed by atoms with Gasteiger partial charge in [-0.05, 0) is 43.5 Å². The predicted molar refractivity (Wildman–Crippen MR) is 135 cm³/mol. The minimum atomic E-state index is -0.585. The highest BCUT2D eigenvalue weighted by atomic mass is 35.5. The second kappa shape index (κ2) is 13.1. The van der Waals surface area contributed by atoms with Gasteiger partial charge < -0.3 is 10.2 Å². The van der Waals surface area contributed by atoms with Crippen molar-refractivity contribution in [2.75, 3.05) is 12.3 Å². The molecule has 0 unspecified atom stereocenters. The molecule has 0 aromatic heterocycles. The zero-order chi connectivity index (χ0) is 23.7. The lowest BCUT2D eigenvalue weighted by Crippen LogP contribution is -2.49. The molecule has 2 aromatic carbocycles. The fraction of sp³-hybridized carbons (Fsp3) is 0.440. The van der Waals surface area contributed by atoms with Crippen LogP contribution in [0, 0.1) is 12.8 Å². The molecule has 2 amide bonds. The maximum atomic E-state index is 13.3. The number of benzene rings is 2. The summed E-state index contributed by atoms with van der Waals surface area (Å²) in [6, 6.07) is 12.9. The minimum absolute atomic E-state index is 0.0906. The summed E-state index contributed by atoms with van der Waals surface area (Å²) in [5.41, 5.74) is 1.86. The highest BCUT2D eigenvalue weighted by Gasteiger charge is 2.29. The Morgan fingerprint density at radius 2 is 1.69 bits per heavy atom. The minimum Gasteiger partial charge on any atom is -0.354 e. The molecule has 0 radical (unpaired) electrons. The molecule has 32 heavy (non-hydrogen) atoms. The van der Waals surface area contributed by atoms with Gasteiger partial charge in [-0.1, -0.05) is 67.7 Å². The van der Waals surface area contributed by atoms with Crippen LogP contribution in [0.4, 0.5) is 0 Å². The second-order valence-corrected chi connectivity index (χ2v) is 10.2. The van der Waals surface area contributed by atoms with Crippen LogP contribution in [-0.4, -0.2) is 35.1 Å². The summed E-state index contributed by atoms with van der Waals surface area (Å²) in [6.45, 7) is 8.79. The first kappa shape index (κ1) is 26.6. The Hall–Kier alpha value is -1.69. The van der Waals surface area contributed by atoms with E-state index in [1.54, 1.807) is 34.9 Å². The average molecular weight is 496 g/mol. The SMILES string of the molecule is CC[C@@H](C(=O)NCC(C)C)N(Cc1c(Cl)cccc1Cl)C(=O)CCSc1ccc(C)cc1. The Morgan fingerprint density at radius 1 is 1.06 bits per heavy atom. The van der Waals surface area contributed by atoms with Crippen LogP contribution in [0.1, 0.15) is 44.7 Å². The van der Waals surface area contributed by atoms with Gasteiger partial charge in [-0.2, -0.15) is 0 Å². The summed E-state index contributed by atoms with van der Waals surface area (Å²) in [4.78, 5) is 29.0. The molecule has 0 saturated heterocycles. The number of carbonyl (C=O) groups excluding carboxylic acids is 2. The quantitative estimate of drug-likeness (QED) is 0.369. The molecule has 0 aliphatic carbocycles. The van der Waals surface area contributed by atoms with Gasteiger partial charge in [0.05, 0.1) is 0 Å². The van der Waals surface area contributed by atoms with Gasteiger partial charge in [0, 0.05) is 45.8 Å². The third-order valence-electron chi connectivity index (χ3n) is 5.07. The van der Waals surface area contributed by atoms with Crippen molar-refractivity contribution in [3.63, 3.8) is 0 Å². The number of halogens is 2. The first-order chi connectivity index (χ1) is 15.2.